The van der Waals surface area contributed by atoms with E-state index in [1.165, 1.54) is 50.9 Å². The van der Waals surface area contributed by atoms with Crippen LogP contribution in [0.25, 0.3) is 0 Å². The summed E-state index contributed by atoms with van der Waals surface area (Å²) in [6, 6.07) is 30.7. The molecule has 0 spiro atoms. The van der Waals surface area contributed by atoms with Crippen LogP contribution < -0.4 is 21.2 Å². The van der Waals surface area contributed by atoms with Gasteiger partial charge in [0.1, 0.15) is 0 Å². The summed E-state index contributed by atoms with van der Waals surface area (Å²) in [6.07, 6.45) is 9.84. The first-order valence-corrected chi connectivity index (χ1v) is 23.9. The number of aryl methyl sites for hydroxylation is 8. The molecule has 0 fully saturated rings. The van der Waals surface area contributed by atoms with Gasteiger partial charge in [0.2, 0.25) is 0 Å². The predicted octanol–water partition coefficient (Wildman–Crippen LogP) is 12.6. The maximum absolute atomic E-state index is 2.69. The summed E-state index contributed by atoms with van der Waals surface area (Å²) in [7, 11) is -1.30. The summed E-state index contributed by atoms with van der Waals surface area (Å²) in [4.78, 5) is 0. The van der Waals surface area contributed by atoms with Gasteiger partial charge in [-0.2, -0.15) is 0 Å². The minimum atomic E-state index is -0.648. The van der Waals surface area contributed by atoms with Gasteiger partial charge in [-0.3, -0.25) is 0 Å². The molecule has 2 unspecified atom stereocenters. The summed E-state index contributed by atoms with van der Waals surface area (Å²) >= 11 is 0. The Labute approximate surface area is 323 Å². The van der Waals surface area contributed by atoms with Crippen LogP contribution in [0, 0.1) is 11.3 Å². The lowest BCUT2D eigenvalue weighted by Crippen LogP contribution is -2.49. The minimum Gasteiger partial charge on any atom is -0.0648 e. The standard InChI is InChI=1S/C50H72P2/c1-14-38-23-39(15-2)28-46(27-38)51(47-29-40(16-3)24-41(17-4)30-47)36(12)50(22-9,35(10)11)37(13)52(48-31-42(18-5)25-43(19-6)32-48)49-33-44(20-7)26-45(21-8)34-49/h23-37H,14-22H2,1-13H3. The average molecular weight is 735 g/mol. The van der Waals surface area contributed by atoms with Gasteiger partial charge < -0.3 is 0 Å². The summed E-state index contributed by atoms with van der Waals surface area (Å²) in [5, 5.41) is 6.36. The Bertz CT molecular complexity index is 1420. The van der Waals surface area contributed by atoms with Crippen LogP contribution in [-0.2, 0) is 51.4 Å². The van der Waals surface area contributed by atoms with Gasteiger partial charge in [-0.15, -0.1) is 0 Å². The lowest BCUT2D eigenvalue weighted by Gasteiger charge is -2.52. The Balaban J connectivity index is 2.09. The third kappa shape index (κ3) is 9.15. The Morgan fingerprint density at radius 2 is 0.538 bits per heavy atom. The molecular formula is C50H72P2. The van der Waals surface area contributed by atoms with Crippen molar-refractivity contribution in [2.45, 2.75) is 159 Å². The number of hydrogen-bond acceptors (Lipinski definition) is 0. The van der Waals surface area contributed by atoms with Crippen molar-refractivity contribution in [2.75, 3.05) is 0 Å². The second-order valence-electron chi connectivity index (χ2n) is 15.6. The molecule has 0 saturated carbocycles. The fourth-order valence-electron chi connectivity index (χ4n) is 9.15. The highest BCUT2D eigenvalue weighted by Gasteiger charge is 2.49. The van der Waals surface area contributed by atoms with Crippen LogP contribution in [0.3, 0.4) is 0 Å². The monoisotopic (exact) mass is 735 g/mol. The van der Waals surface area contributed by atoms with Crippen molar-refractivity contribution in [1.82, 2.24) is 0 Å². The molecule has 0 nitrogen and oxygen atoms in total. The topological polar surface area (TPSA) is 0 Å². The van der Waals surface area contributed by atoms with Gasteiger partial charge in [-0.05, 0) is 162 Å². The fraction of sp³-hybridized carbons (Fsp3) is 0.520. The van der Waals surface area contributed by atoms with Gasteiger partial charge in [-0.25, -0.2) is 0 Å². The van der Waals surface area contributed by atoms with E-state index in [1.54, 1.807) is 21.2 Å². The van der Waals surface area contributed by atoms with Gasteiger partial charge in [0, 0.05) is 0 Å². The first-order valence-electron chi connectivity index (χ1n) is 21.1. The van der Waals surface area contributed by atoms with Crippen molar-refractivity contribution in [1.29, 1.82) is 0 Å². The highest BCUT2D eigenvalue weighted by atomic mass is 31.1. The summed E-state index contributed by atoms with van der Waals surface area (Å²) in [5.41, 5.74) is 13.0. The van der Waals surface area contributed by atoms with Gasteiger partial charge in [-0.1, -0.05) is 163 Å². The average Bonchev–Trinajstić information content (AvgIpc) is 3.17. The first kappa shape index (κ1) is 42.5. The zero-order chi connectivity index (χ0) is 38.2. The highest BCUT2D eigenvalue weighted by Crippen LogP contribution is 2.61. The van der Waals surface area contributed by atoms with E-state index in [0.717, 1.165) is 51.4 Å². The van der Waals surface area contributed by atoms with Crippen LogP contribution in [0.2, 0.25) is 0 Å². The molecule has 0 aliphatic heterocycles. The van der Waals surface area contributed by atoms with Gasteiger partial charge >= 0.3 is 0 Å². The van der Waals surface area contributed by atoms with Crippen LogP contribution >= 0.6 is 15.8 Å². The lowest BCUT2D eigenvalue weighted by atomic mass is 9.70. The molecule has 2 atom stereocenters. The van der Waals surface area contributed by atoms with E-state index < -0.39 is 15.8 Å². The third-order valence-corrected chi connectivity index (χ3v) is 18.3. The fourth-order valence-corrected chi connectivity index (χ4v) is 16.5. The molecule has 4 aromatic rings. The second kappa shape index (κ2) is 19.4. The van der Waals surface area contributed by atoms with Crippen LogP contribution in [0.5, 0.6) is 0 Å². The van der Waals surface area contributed by atoms with Gasteiger partial charge in [0.25, 0.3) is 0 Å². The predicted molar refractivity (Wildman–Crippen MR) is 240 cm³/mol. The van der Waals surface area contributed by atoms with Crippen molar-refractivity contribution in [3.63, 3.8) is 0 Å². The van der Waals surface area contributed by atoms with Gasteiger partial charge in [0.05, 0.1) is 0 Å². The zero-order valence-electron chi connectivity index (χ0n) is 35.4. The molecule has 0 radical (unpaired) electrons. The molecule has 0 amide bonds. The summed E-state index contributed by atoms with van der Waals surface area (Å²) in [6.45, 7) is 31.7. The SMILES string of the molecule is CCc1cc(CC)cc(P(c2cc(CC)cc(CC)c2)C(C)C(CC)(C(C)C)C(C)P(c2cc(CC)cc(CC)c2)c2cc(CC)cc(CC)c2)c1. The summed E-state index contributed by atoms with van der Waals surface area (Å²) in [5.74, 6) is 0.525. The second-order valence-corrected chi connectivity index (χ2v) is 20.7. The van der Waals surface area contributed by atoms with Crippen molar-refractivity contribution in [3.8, 4) is 0 Å². The first-order chi connectivity index (χ1) is 25.0. The normalized spacial score (nSPS) is 14.3. The lowest BCUT2D eigenvalue weighted by molar-refractivity contribution is 0.176. The van der Waals surface area contributed by atoms with Gasteiger partial charge in [0.15, 0.2) is 0 Å². The smallest absolute Gasteiger partial charge is 0.00921 e. The third-order valence-electron chi connectivity index (χ3n) is 12.5. The van der Waals surface area contributed by atoms with E-state index in [9.17, 15) is 0 Å². The van der Waals surface area contributed by atoms with E-state index >= 15 is 0 Å². The summed E-state index contributed by atoms with van der Waals surface area (Å²) < 4.78 is 0. The van der Waals surface area contributed by atoms with Crippen molar-refractivity contribution in [3.05, 3.63) is 117 Å². The van der Waals surface area contributed by atoms with Crippen LogP contribution in [0.15, 0.2) is 72.8 Å². The highest BCUT2D eigenvalue weighted by molar-refractivity contribution is 7.74. The molecule has 2 heteroatoms. The molecule has 282 valence electrons. The largest absolute Gasteiger partial charge is 0.0648 e. The maximum atomic E-state index is 2.69. The van der Waals surface area contributed by atoms with E-state index in [2.05, 4.69) is 163 Å². The Morgan fingerprint density at radius 3 is 0.673 bits per heavy atom. The van der Waals surface area contributed by atoms with E-state index in [4.69, 9.17) is 0 Å². The maximum Gasteiger partial charge on any atom is -0.00921 e. The molecule has 0 aliphatic rings. The zero-order valence-corrected chi connectivity index (χ0v) is 37.2. The number of rotatable bonds is 18. The van der Waals surface area contributed by atoms with Crippen molar-refractivity contribution < 1.29 is 0 Å². The van der Waals surface area contributed by atoms with Crippen molar-refractivity contribution in [2.24, 2.45) is 11.3 Å². The number of benzene rings is 4. The quantitative estimate of drug-likeness (QED) is 0.0893. The molecule has 0 heterocycles. The molecule has 0 aliphatic carbocycles. The molecule has 0 saturated heterocycles. The van der Waals surface area contributed by atoms with E-state index in [-0.39, 0.29) is 5.41 Å². The molecule has 52 heavy (non-hydrogen) atoms. The molecule has 4 aromatic carbocycles. The molecule has 0 bridgehead atoms. The van der Waals surface area contributed by atoms with Crippen LogP contribution in [0.4, 0.5) is 0 Å². The Hall–Kier alpha value is -2.26. The van der Waals surface area contributed by atoms with Crippen LogP contribution in [-0.4, -0.2) is 11.3 Å². The molecule has 4 rings (SSSR count). The number of hydrogen-bond donors (Lipinski definition) is 0. The Morgan fingerprint density at radius 1 is 0.346 bits per heavy atom. The van der Waals surface area contributed by atoms with E-state index in [1.807, 2.05) is 0 Å². The van der Waals surface area contributed by atoms with Crippen molar-refractivity contribution >= 4 is 37.1 Å². The van der Waals surface area contributed by atoms with Crippen LogP contribution in [0.1, 0.15) is 141 Å². The Kier molecular flexibility index (Phi) is 15.8. The molecular weight excluding hydrogens is 662 g/mol. The van der Waals surface area contributed by atoms with E-state index in [0.29, 0.717) is 17.2 Å². The molecule has 0 aromatic heterocycles. The molecule has 0 N–H and O–H groups in total. The minimum absolute atomic E-state index is 0.115.